The second-order valence-corrected chi connectivity index (χ2v) is 7.53. The Balaban J connectivity index is 2.28. The second kappa shape index (κ2) is 4.37. The van der Waals surface area contributed by atoms with Crippen molar-refractivity contribution >= 4 is 8.48 Å². The molecule has 1 heterocycles. The quantitative estimate of drug-likeness (QED) is 0.676. The number of hydrogen-bond acceptors (Lipinski definition) is 3. The summed E-state index contributed by atoms with van der Waals surface area (Å²) in [7, 11) is 0.206. The van der Waals surface area contributed by atoms with Crippen molar-refractivity contribution in [2.45, 2.75) is 32.4 Å². The van der Waals surface area contributed by atoms with Gasteiger partial charge in [-0.3, -0.25) is 5.09 Å². The molecule has 1 rings (SSSR count). The molecule has 1 fully saturated rings. The molecule has 0 radical (unpaired) electrons. The van der Waals surface area contributed by atoms with Crippen molar-refractivity contribution in [2.24, 2.45) is 0 Å². The van der Waals surface area contributed by atoms with Crippen molar-refractivity contribution in [3.05, 3.63) is 0 Å². The van der Waals surface area contributed by atoms with Crippen molar-refractivity contribution in [1.29, 1.82) is 0 Å². The topological polar surface area (TPSA) is 24.5 Å². The number of piperidine rings is 1. The Morgan fingerprint density at radius 2 is 1.75 bits per heavy atom. The molecule has 1 saturated heterocycles. The molecule has 72 valence electrons. The maximum Gasteiger partial charge on any atom is 0.275 e. The van der Waals surface area contributed by atoms with Crippen molar-refractivity contribution in [1.82, 2.24) is 10.1 Å². The van der Waals surface area contributed by atoms with Gasteiger partial charge in [-0.05, 0) is 25.9 Å². The number of nitrogens with zero attached hydrogens (tertiary/aromatic N) is 1. The summed E-state index contributed by atoms with van der Waals surface area (Å²) in [5, 5.41) is 5.81. The summed E-state index contributed by atoms with van der Waals surface area (Å²) in [6, 6.07) is 0. The van der Waals surface area contributed by atoms with Gasteiger partial charge in [-0.1, -0.05) is 6.42 Å². The van der Waals surface area contributed by atoms with Crippen LogP contribution in [0.4, 0.5) is 0 Å². The van der Waals surface area contributed by atoms with Gasteiger partial charge in [0.1, 0.15) is 0 Å². The van der Waals surface area contributed by atoms with Gasteiger partial charge in [-0.15, -0.1) is 0 Å². The summed E-state index contributed by atoms with van der Waals surface area (Å²) in [5.41, 5.74) is 0. The van der Waals surface area contributed by atoms with E-state index in [1.807, 2.05) is 0 Å². The zero-order valence-electron chi connectivity index (χ0n) is 8.39. The SMILES string of the molecule is CO[Si](C)(C)NN1CCCCC1. The van der Waals surface area contributed by atoms with Gasteiger partial charge in [-0.25, -0.2) is 5.01 Å². The molecule has 0 aromatic rings. The predicted molar refractivity (Wildman–Crippen MR) is 53.1 cm³/mol. The predicted octanol–water partition coefficient (Wildman–Crippen LogP) is 1.33. The number of hydrazine groups is 1. The summed E-state index contributed by atoms with van der Waals surface area (Å²) >= 11 is 0. The van der Waals surface area contributed by atoms with Crippen LogP contribution in [0.15, 0.2) is 0 Å². The Morgan fingerprint density at radius 3 is 2.25 bits per heavy atom. The van der Waals surface area contributed by atoms with Crippen LogP contribution in [0, 0.1) is 0 Å². The monoisotopic (exact) mass is 188 g/mol. The smallest absolute Gasteiger partial charge is 0.275 e. The summed E-state index contributed by atoms with van der Waals surface area (Å²) in [5.74, 6) is 0. The molecule has 0 aliphatic carbocycles. The first-order valence-corrected chi connectivity index (χ1v) is 7.63. The van der Waals surface area contributed by atoms with E-state index in [4.69, 9.17) is 4.43 Å². The zero-order chi connectivity index (χ0) is 9.03. The molecule has 1 N–H and O–H groups in total. The lowest BCUT2D eigenvalue weighted by molar-refractivity contribution is 0.178. The van der Waals surface area contributed by atoms with Crippen LogP contribution in [0.2, 0.25) is 13.1 Å². The highest BCUT2D eigenvalue weighted by molar-refractivity contribution is 6.68. The van der Waals surface area contributed by atoms with E-state index in [1.165, 1.54) is 32.4 Å². The summed E-state index contributed by atoms with van der Waals surface area (Å²) < 4.78 is 5.43. The Morgan fingerprint density at radius 1 is 1.17 bits per heavy atom. The average Bonchev–Trinajstić information content (AvgIpc) is 2.06. The molecule has 0 atom stereocenters. The first kappa shape index (κ1) is 10.2. The Bertz CT molecular complexity index is 135. The van der Waals surface area contributed by atoms with Crippen molar-refractivity contribution < 1.29 is 4.43 Å². The molecular formula is C8H20N2OSi. The minimum atomic E-state index is -1.59. The Labute approximate surface area is 76.3 Å². The third-order valence-electron chi connectivity index (χ3n) is 2.29. The third-order valence-corrected chi connectivity index (χ3v) is 4.17. The fourth-order valence-electron chi connectivity index (χ4n) is 1.43. The van der Waals surface area contributed by atoms with Gasteiger partial charge in [0.15, 0.2) is 0 Å². The first-order chi connectivity index (χ1) is 5.64. The van der Waals surface area contributed by atoms with Crippen molar-refractivity contribution in [3.63, 3.8) is 0 Å². The maximum atomic E-state index is 5.43. The van der Waals surface area contributed by atoms with Crippen LogP contribution in [0.5, 0.6) is 0 Å². The van der Waals surface area contributed by atoms with Crippen molar-refractivity contribution in [2.75, 3.05) is 20.2 Å². The highest BCUT2D eigenvalue weighted by Gasteiger charge is 2.24. The summed E-state index contributed by atoms with van der Waals surface area (Å²) in [4.78, 5) is 0. The lowest BCUT2D eigenvalue weighted by Gasteiger charge is -2.33. The molecule has 0 bridgehead atoms. The third kappa shape index (κ3) is 3.22. The van der Waals surface area contributed by atoms with Gasteiger partial charge in [0, 0.05) is 20.2 Å². The van der Waals surface area contributed by atoms with E-state index in [0.29, 0.717) is 0 Å². The van der Waals surface area contributed by atoms with Gasteiger partial charge in [0.05, 0.1) is 0 Å². The van der Waals surface area contributed by atoms with Crippen LogP contribution >= 0.6 is 0 Å². The highest BCUT2D eigenvalue weighted by Crippen LogP contribution is 2.08. The fraction of sp³-hybridized carbons (Fsp3) is 1.00. The number of nitrogens with one attached hydrogen (secondary N) is 1. The number of rotatable bonds is 3. The molecule has 0 aromatic carbocycles. The van der Waals surface area contributed by atoms with Crippen LogP contribution in [-0.4, -0.2) is 33.7 Å². The minimum Gasteiger partial charge on any atom is -0.406 e. The lowest BCUT2D eigenvalue weighted by Crippen LogP contribution is -2.57. The second-order valence-electron chi connectivity index (χ2n) is 3.87. The van der Waals surface area contributed by atoms with Gasteiger partial charge in [-0.2, -0.15) is 0 Å². The van der Waals surface area contributed by atoms with Gasteiger partial charge in [0.2, 0.25) is 0 Å². The molecule has 4 heteroatoms. The van der Waals surface area contributed by atoms with E-state index in [2.05, 4.69) is 23.2 Å². The summed E-state index contributed by atoms with van der Waals surface area (Å²) in [6.45, 7) is 6.72. The number of hydrogen-bond donors (Lipinski definition) is 1. The summed E-state index contributed by atoms with van der Waals surface area (Å²) in [6.07, 6.45) is 4.02. The normalized spacial score (nSPS) is 21.2. The van der Waals surface area contributed by atoms with E-state index >= 15 is 0 Å². The van der Waals surface area contributed by atoms with E-state index in [1.54, 1.807) is 7.11 Å². The van der Waals surface area contributed by atoms with E-state index in [0.717, 1.165) is 0 Å². The zero-order valence-corrected chi connectivity index (χ0v) is 9.39. The van der Waals surface area contributed by atoms with Crippen LogP contribution in [0.25, 0.3) is 0 Å². The van der Waals surface area contributed by atoms with Crippen molar-refractivity contribution in [3.8, 4) is 0 Å². The van der Waals surface area contributed by atoms with Crippen LogP contribution < -0.4 is 5.09 Å². The van der Waals surface area contributed by atoms with Gasteiger partial charge < -0.3 is 4.43 Å². The molecule has 1 aliphatic heterocycles. The molecule has 1 aliphatic rings. The Hall–Kier alpha value is 0.0969. The molecule has 0 saturated carbocycles. The maximum absolute atomic E-state index is 5.43. The molecular weight excluding hydrogens is 168 g/mol. The Kier molecular flexibility index (Phi) is 3.70. The van der Waals surface area contributed by atoms with Gasteiger partial charge in [0.25, 0.3) is 8.48 Å². The van der Waals surface area contributed by atoms with Crippen LogP contribution in [0.3, 0.4) is 0 Å². The average molecular weight is 188 g/mol. The molecule has 3 nitrogen and oxygen atoms in total. The molecule has 0 spiro atoms. The van der Waals surface area contributed by atoms with Gasteiger partial charge >= 0.3 is 0 Å². The van der Waals surface area contributed by atoms with E-state index in [-0.39, 0.29) is 0 Å². The molecule has 12 heavy (non-hydrogen) atoms. The molecule has 0 amide bonds. The van der Waals surface area contributed by atoms with E-state index in [9.17, 15) is 0 Å². The minimum absolute atomic E-state index is 1.18. The lowest BCUT2D eigenvalue weighted by atomic mass is 10.2. The van der Waals surface area contributed by atoms with E-state index < -0.39 is 8.48 Å². The largest absolute Gasteiger partial charge is 0.406 e. The molecule has 0 unspecified atom stereocenters. The first-order valence-electron chi connectivity index (χ1n) is 4.72. The fourth-order valence-corrected chi connectivity index (χ4v) is 2.51. The molecule has 0 aromatic heterocycles. The van der Waals surface area contributed by atoms with Crippen LogP contribution in [0.1, 0.15) is 19.3 Å². The highest BCUT2D eigenvalue weighted by atomic mass is 28.4. The van der Waals surface area contributed by atoms with Crippen LogP contribution in [-0.2, 0) is 4.43 Å². The standard InChI is InChI=1S/C8H20N2OSi/c1-11-12(2,3)9-10-7-5-4-6-8-10/h9H,4-8H2,1-3H3.